The quantitative estimate of drug-likeness (QED) is 0.909. The van der Waals surface area contributed by atoms with Gasteiger partial charge in [-0.2, -0.15) is 0 Å². The highest BCUT2D eigenvalue weighted by Gasteiger charge is 2.17. The number of carbonyl (C=O) groups is 1. The van der Waals surface area contributed by atoms with Gasteiger partial charge >= 0.3 is 6.09 Å². The lowest BCUT2D eigenvalue weighted by Crippen LogP contribution is -2.27. The third-order valence-electron chi connectivity index (χ3n) is 2.54. The lowest BCUT2D eigenvalue weighted by atomic mass is 10.2. The van der Waals surface area contributed by atoms with Gasteiger partial charge in [0.15, 0.2) is 0 Å². The second-order valence-corrected chi connectivity index (χ2v) is 5.36. The summed E-state index contributed by atoms with van der Waals surface area (Å²) in [6.45, 7) is 5.45. The number of fused-ring (bicyclic) bond motifs is 1. The van der Waals surface area contributed by atoms with Gasteiger partial charge in [0.2, 0.25) is 5.88 Å². The molecule has 1 aromatic carbocycles. The maximum atomic E-state index is 11.9. The van der Waals surface area contributed by atoms with Crippen LogP contribution in [-0.2, 0) is 4.74 Å². The molecule has 106 valence electrons. The molecule has 2 aromatic rings. The van der Waals surface area contributed by atoms with Crippen LogP contribution in [0.15, 0.2) is 30.3 Å². The SMILES string of the molecule is COc1cc(NC(=O)OC(C)(C)C)c2ccccc2n1. The van der Waals surface area contributed by atoms with Crippen molar-refractivity contribution in [2.24, 2.45) is 0 Å². The molecule has 0 unspecified atom stereocenters. The number of nitrogens with zero attached hydrogens (tertiary/aromatic N) is 1. The van der Waals surface area contributed by atoms with Crippen molar-refractivity contribution in [2.45, 2.75) is 26.4 Å². The zero-order valence-corrected chi connectivity index (χ0v) is 12.1. The minimum Gasteiger partial charge on any atom is -0.481 e. The largest absolute Gasteiger partial charge is 0.481 e. The molecule has 0 saturated heterocycles. The summed E-state index contributed by atoms with van der Waals surface area (Å²) in [5.74, 6) is 0.440. The first-order valence-corrected chi connectivity index (χ1v) is 6.33. The molecule has 0 atom stereocenters. The van der Waals surface area contributed by atoms with E-state index < -0.39 is 11.7 Å². The van der Waals surface area contributed by atoms with Crippen LogP contribution in [-0.4, -0.2) is 23.8 Å². The predicted molar refractivity (Wildman–Crippen MR) is 78.2 cm³/mol. The Hall–Kier alpha value is -2.30. The topological polar surface area (TPSA) is 60.5 Å². The number of methoxy groups -OCH3 is 1. The van der Waals surface area contributed by atoms with Gasteiger partial charge in [-0.15, -0.1) is 0 Å². The molecule has 0 aliphatic carbocycles. The Balaban J connectivity index is 2.35. The van der Waals surface area contributed by atoms with Gasteiger partial charge in [-0.3, -0.25) is 5.32 Å². The zero-order chi connectivity index (χ0) is 14.8. The maximum absolute atomic E-state index is 11.9. The Morgan fingerprint density at radius 2 is 1.95 bits per heavy atom. The third-order valence-corrected chi connectivity index (χ3v) is 2.54. The van der Waals surface area contributed by atoms with E-state index in [1.165, 1.54) is 7.11 Å². The predicted octanol–water partition coefficient (Wildman–Crippen LogP) is 3.59. The zero-order valence-electron chi connectivity index (χ0n) is 12.1. The van der Waals surface area contributed by atoms with Crippen molar-refractivity contribution in [1.82, 2.24) is 4.98 Å². The highest BCUT2D eigenvalue weighted by atomic mass is 16.6. The molecule has 2 rings (SSSR count). The summed E-state index contributed by atoms with van der Waals surface area (Å²) in [4.78, 5) is 16.2. The van der Waals surface area contributed by atoms with Gasteiger partial charge in [0.25, 0.3) is 0 Å². The number of amides is 1. The van der Waals surface area contributed by atoms with Crippen LogP contribution in [0.1, 0.15) is 20.8 Å². The van der Waals surface area contributed by atoms with E-state index in [4.69, 9.17) is 9.47 Å². The molecule has 1 N–H and O–H groups in total. The molecule has 0 aliphatic rings. The molecule has 0 fully saturated rings. The summed E-state index contributed by atoms with van der Waals surface area (Å²) >= 11 is 0. The molecule has 5 nitrogen and oxygen atoms in total. The molecule has 1 heterocycles. The fraction of sp³-hybridized carbons (Fsp3) is 0.333. The highest BCUT2D eigenvalue weighted by Crippen LogP contribution is 2.26. The molecule has 0 spiro atoms. The number of para-hydroxylation sites is 1. The number of aromatic nitrogens is 1. The number of ether oxygens (including phenoxy) is 2. The van der Waals surface area contributed by atoms with E-state index in [1.54, 1.807) is 6.07 Å². The molecule has 1 amide bonds. The Morgan fingerprint density at radius 3 is 2.60 bits per heavy atom. The van der Waals surface area contributed by atoms with Crippen molar-refractivity contribution in [1.29, 1.82) is 0 Å². The van der Waals surface area contributed by atoms with Crippen LogP contribution in [0.25, 0.3) is 10.9 Å². The van der Waals surface area contributed by atoms with E-state index in [9.17, 15) is 4.79 Å². The molecule has 0 aliphatic heterocycles. The molecule has 5 heteroatoms. The standard InChI is InChI=1S/C15H18N2O3/c1-15(2,3)20-14(18)17-12-9-13(19-4)16-11-8-6-5-7-10(11)12/h5-9H,1-4H3,(H,16,17,18). The monoisotopic (exact) mass is 274 g/mol. The van der Waals surface area contributed by atoms with E-state index in [2.05, 4.69) is 10.3 Å². The molecule has 0 saturated carbocycles. The number of rotatable bonds is 2. The van der Waals surface area contributed by atoms with E-state index >= 15 is 0 Å². The van der Waals surface area contributed by atoms with Crippen LogP contribution >= 0.6 is 0 Å². The fourth-order valence-corrected chi connectivity index (χ4v) is 1.77. The van der Waals surface area contributed by atoms with Crippen molar-refractivity contribution < 1.29 is 14.3 Å². The van der Waals surface area contributed by atoms with Crippen molar-refractivity contribution >= 4 is 22.7 Å². The highest BCUT2D eigenvalue weighted by molar-refractivity contribution is 5.99. The molecule has 0 bridgehead atoms. The van der Waals surface area contributed by atoms with Gasteiger partial charge in [0.1, 0.15) is 5.60 Å². The smallest absolute Gasteiger partial charge is 0.412 e. The number of anilines is 1. The first-order chi connectivity index (χ1) is 9.39. The van der Waals surface area contributed by atoms with Gasteiger partial charge in [-0.05, 0) is 26.8 Å². The summed E-state index contributed by atoms with van der Waals surface area (Å²) in [6, 6.07) is 9.18. The first-order valence-electron chi connectivity index (χ1n) is 6.33. The van der Waals surface area contributed by atoms with Crippen LogP contribution < -0.4 is 10.1 Å². The summed E-state index contributed by atoms with van der Waals surface area (Å²) < 4.78 is 10.4. The number of nitrogens with one attached hydrogen (secondary N) is 1. The minimum atomic E-state index is -0.545. The summed E-state index contributed by atoms with van der Waals surface area (Å²) in [6.07, 6.45) is -0.504. The van der Waals surface area contributed by atoms with E-state index in [-0.39, 0.29) is 0 Å². The average molecular weight is 274 g/mol. The molecular weight excluding hydrogens is 256 g/mol. The van der Waals surface area contributed by atoms with Crippen molar-refractivity contribution in [3.05, 3.63) is 30.3 Å². The van der Waals surface area contributed by atoms with Gasteiger partial charge in [-0.1, -0.05) is 18.2 Å². The number of pyridine rings is 1. The Bertz CT molecular complexity index is 633. The van der Waals surface area contributed by atoms with Crippen LogP contribution in [0.3, 0.4) is 0 Å². The van der Waals surface area contributed by atoms with Crippen LogP contribution in [0.5, 0.6) is 5.88 Å². The second-order valence-electron chi connectivity index (χ2n) is 5.36. The fourth-order valence-electron chi connectivity index (χ4n) is 1.77. The Labute approximate surface area is 117 Å². The van der Waals surface area contributed by atoms with Crippen molar-refractivity contribution in [3.8, 4) is 5.88 Å². The molecule has 1 aromatic heterocycles. The van der Waals surface area contributed by atoms with Crippen LogP contribution in [0.2, 0.25) is 0 Å². The van der Waals surface area contributed by atoms with Gasteiger partial charge in [-0.25, -0.2) is 9.78 Å². The van der Waals surface area contributed by atoms with E-state index in [0.29, 0.717) is 11.6 Å². The summed E-state index contributed by atoms with van der Waals surface area (Å²) in [5, 5.41) is 3.57. The van der Waals surface area contributed by atoms with Gasteiger partial charge < -0.3 is 9.47 Å². The molecule has 20 heavy (non-hydrogen) atoms. The molecule has 0 radical (unpaired) electrons. The van der Waals surface area contributed by atoms with Crippen LogP contribution in [0.4, 0.5) is 10.5 Å². The van der Waals surface area contributed by atoms with Gasteiger partial charge in [0.05, 0.1) is 18.3 Å². The Morgan fingerprint density at radius 1 is 1.25 bits per heavy atom. The van der Waals surface area contributed by atoms with E-state index in [1.807, 2.05) is 45.0 Å². The number of carbonyl (C=O) groups excluding carboxylic acids is 1. The Kier molecular flexibility index (Phi) is 3.79. The summed E-state index contributed by atoms with van der Waals surface area (Å²) in [7, 11) is 1.54. The number of benzene rings is 1. The first kappa shape index (κ1) is 14.1. The van der Waals surface area contributed by atoms with Gasteiger partial charge in [0, 0.05) is 11.5 Å². The average Bonchev–Trinajstić information content (AvgIpc) is 2.36. The van der Waals surface area contributed by atoms with E-state index in [0.717, 1.165) is 10.9 Å². The van der Waals surface area contributed by atoms with Crippen molar-refractivity contribution in [2.75, 3.05) is 12.4 Å². The van der Waals surface area contributed by atoms with Crippen molar-refractivity contribution in [3.63, 3.8) is 0 Å². The molecular formula is C15H18N2O3. The second kappa shape index (κ2) is 5.36. The normalized spacial score (nSPS) is 11.2. The third kappa shape index (κ3) is 3.38. The lowest BCUT2D eigenvalue weighted by molar-refractivity contribution is 0.0636. The maximum Gasteiger partial charge on any atom is 0.412 e. The minimum absolute atomic E-state index is 0.440. The lowest BCUT2D eigenvalue weighted by Gasteiger charge is -2.20. The number of hydrogen-bond donors (Lipinski definition) is 1. The number of hydrogen-bond acceptors (Lipinski definition) is 4. The van der Waals surface area contributed by atoms with Crippen LogP contribution in [0, 0.1) is 0 Å². The summed E-state index contributed by atoms with van der Waals surface area (Å²) in [5.41, 5.74) is 0.816.